The predicted molar refractivity (Wildman–Crippen MR) is 103 cm³/mol. The van der Waals surface area contributed by atoms with Gasteiger partial charge in [-0.05, 0) is 37.3 Å². The van der Waals surface area contributed by atoms with Gasteiger partial charge in [-0.25, -0.2) is 0 Å². The minimum Gasteiger partial charge on any atom is -0.355 e. The summed E-state index contributed by atoms with van der Waals surface area (Å²) in [6.07, 6.45) is 6.68. The number of rotatable bonds is 6. The van der Waals surface area contributed by atoms with Gasteiger partial charge in [0, 0.05) is 37.6 Å². The highest BCUT2D eigenvalue weighted by Gasteiger charge is 2.41. The highest BCUT2D eigenvalue weighted by molar-refractivity contribution is 7.10. The second kappa shape index (κ2) is 9.76. The third-order valence-electron chi connectivity index (χ3n) is 5.28. The third kappa shape index (κ3) is 4.72. The van der Waals surface area contributed by atoms with Crippen molar-refractivity contribution >= 4 is 29.7 Å². The maximum atomic E-state index is 12.9. The van der Waals surface area contributed by atoms with E-state index in [0.29, 0.717) is 0 Å². The van der Waals surface area contributed by atoms with Gasteiger partial charge in [-0.3, -0.25) is 4.79 Å². The number of amides is 1. The first-order chi connectivity index (χ1) is 11.3. The van der Waals surface area contributed by atoms with Gasteiger partial charge in [0.05, 0.1) is 5.41 Å². The lowest BCUT2D eigenvalue weighted by atomic mass is 9.72. The zero-order valence-electron chi connectivity index (χ0n) is 14.4. The smallest absolute Gasteiger partial charge is 0.231 e. The van der Waals surface area contributed by atoms with Crippen molar-refractivity contribution in [2.24, 2.45) is 0 Å². The minimum absolute atomic E-state index is 0. The lowest BCUT2D eigenvalue weighted by Crippen LogP contribution is -2.47. The first-order valence-corrected chi connectivity index (χ1v) is 9.95. The number of thiophene rings is 1. The van der Waals surface area contributed by atoms with E-state index in [0.717, 1.165) is 58.5 Å². The molecule has 6 heteroatoms. The van der Waals surface area contributed by atoms with Crippen LogP contribution in [0.3, 0.4) is 0 Å². The zero-order chi connectivity index (χ0) is 16.0. The van der Waals surface area contributed by atoms with Gasteiger partial charge in [0.2, 0.25) is 5.91 Å². The van der Waals surface area contributed by atoms with Crippen LogP contribution in [0.5, 0.6) is 0 Å². The summed E-state index contributed by atoms with van der Waals surface area (Å²) in [5.41, 5.74) is -0.249. The Kier molecular flexibility index (Phi) is 8.01. The molecule has 0 unspecified atom stereocenters. The van der Waals surface area contributed by atoms with Crippen LogP contribution in [0.15, 0.2) is 17.5 Å². The Morgan fingerprint density at radius 3 is 2.67 bits per heavy atom. The molecule has 1 saturated carbocycles. The fourth-order valence-corrected chi connectivity index (χ4v) is 4.88. The number of halogens is 1. The Hall–Kier alpha value is -0.620. The summed E-state index contributed by atoms with van der Waals surface area (Å²) in [5.74, 6) is 0.264. The molecule has 0 bridgehead atoms. The van der Waals surface area contributed by atoms with Crippen molar-refractivity contribution in [3.63, 3.8) is 0 Å². The Bertz CT molecular complexity index is 482. The molecular weight excluding hydrogens is 342 g/mol. The fourth-order valence-electron chi connectivity index (χ4n) is 3.90. The second-order valence-corrected chi connectivity index (χ2v) is 7.77. The summed E-state index contributed by atoms with van der Waals surface area (Å²) < 4.78 is 0. The number of piperazine rings is 1. The zero-order valence-corrected chi connectivity index (χ0v) is 16.0. The summed E-state index contributed by atoms with van der Waals surface area (Å²) in [4.78, 5) is 16.7. The molecule has 24 heavy (non-hydrogen) atoms. The van der Waals surface area contributed by atoms with Gasteiger partial charge in [-0.1, -0.05) is 25.3 Å². The summed E-state index contributed by atoms with van der Waals surface area (Å²) in [6.45, 7) is 6.34. The predicted octanol–water partition coefficient (Wildman–Crippen LogP) is 2.78. The maximum Gasteiger partial charge on any atom is 0.231 e. The molecule has 4 nitrogen and oxygen atoms in total. The first kappa shape index (κ1) is 19.7. The van der Waals surface area contributed by atoms with Crippen LogP contribution in [-0.2, 0) is 10.2 Å². The van der Waals surface area contributed by atoms with Crippen LogP contribution in [0.2, 0.25) is 0 Å². The molecule has 0 radical (unpaired) electrons. The molecule has 2 N–H and O–H groups in total. The van der Waals surface area contributed by atoms with E-state index >= 15 is 0 Å². The van der Waals surface area contributed by atoms with Gasteiger partial charge in [-0.2, -0.15) is 0 Å². The summed E-state index contributed by atoms with van der Waals surface area (Å²) >= 11 is 1.74. The molecule has 0 aromatic carbocycles. The maximum absolute atomic E-state index is 12.9. The molecule has 2 aliphatic rings. The van der Waals surface area contributed by atoms with E-state index < -0.39 is 0 Å². The van der Waals surface area contributed by atoms with Gasteiger partial charge in [0.1, 0.15) is 0 Å². The van der Waals surface area contributed by atoms with E-state index in [-0.39, 0.29) is 23.7 Å². The van der Waals surface area contributed by atoms with Crippen LogP contribution < -0.4 is 10.6 Å². The SMILES string of the molecule is Cl.O=C(NCCCN1CCNCC1)C1(c2cccs2)CCCCC1. The Morgan fingerprint density at radius 2 is 2.00 bits per heavy atom. The Balaban J connectivity index is 0.00000208. The van der Waals surface area contributed by atoms with Crippen molar-refractivity contribution in [3.8, 4) is 0 Å². The molecule has 3 rings (SSSR count). The van der Waals surface area contributed by atoms with E-state index in [1.54, 1.807) is 11.3 Å². The van der Waals surface area contributed by atoms with Gasteiger partial charge < -0.3 is 15.5 Å². The van der Waals surface area contributed by atoms with E-state index in [4.69, 9.17) is 0 Å². The van der Waals surface area contributed by atoms with Crippen molar-refractivity contribution in [1.82, 2.24) is 15.5 Å². The fraction of sp³-hybridized carbons (Fsp3) is 0.722. The molecule has 136 valence electrons. The lowest BCUT2D eigenvalue weighted by molar-refractivity contribution is -0.127. The largest absolute Gasteiger partial charge is 0.355 e. The number of hydrogen-bond donors (Lipinski definition) is 2. The molecule has 1 aliphatic carbocycles. The summed E-state index contributed by atoms with van der Waals surface area (Å²) in [6, 6.07) is 4.23. The van der Waals surface area contributed by atoms with Crippen molar-refractivity contribution in [2.45, 2.75) is 43.9 Å². The average Bonchev–Trinajstić information content (AvgIpc) is 3.15. The van der Waals surface area contributed by atoms with E-state index in [1.165, 1.54) is 24.1 Å². The molecule has 1 saturated heterocycles. The van der Waals surface area contributed by atoms with Gasteiger partial charge >= 0.3 is 0 Å². The Labute approximate surface area is 155 Å². The molecule has 1 aliphatic heterocycles. The van der Waals surface area contributed by atoms with Crippen molar-refractivity contribution in [3.05, 3.63) is 22.4 Å². The molecule has 0 atom stereocenters. The number of carbonyl (C=O) groups excluding carboxylic acids is 1. The van der Waals surface area contributed by atoms with Crippen LogP contribution in [0.25, 0.3) is 0 Å². The number of nitrogens with zero attached hydrogens (tertiary/aromatic N) is 1. The van der Waals surface area contributed by atoms with Gasteiger partial charge in [0.25, 0.3) is 0 Å². The molecule has 2 heterocycles. The first-order valence-electron chi connectivity index (χ1n) is 9.07. The molecule has 0 spiro atoms. The van der Waals surface area contributed by atoms with Crippen LogP contribution in [-0.4, -0.2) is 50.1 Å². The van der Waals surface area contributed by atoms with Crippen LogP contribution in [0.1, 0.15) is 43.4 Å². The van der Waals surface area contributed by atoms with Crippen molar-refractivity contribution in [1.29, 1.82) is 0 Å². The summed E-state index contributed by atoms with van der Waals surface area (Å²) in [7, 11) is 0. The van der Waals surface area contributed by atoms with Gasteiger partial charge in [-0.15, -0.1) is 23.7 Å². The molecule has 2 fully saturated rings. The quantitative estimate of drug-likeness (QED) is 0.756. The molecular formula is C18H30ClN3OS. The highest BCUT2D eigenvalue weighted by atomic mass is 35.5. The molecule has 1 aromatic rings. The Morgan fingerprint density at radius 1 is 1.25 bits per heavy atom. The molecule has 1 aromatic heterocycles. The highest BCUT2D eigenvalue weighted by Crippen LogP contribution is 2.41. The van der Waals surface area contributed by atoms with Gasteiger partial charge in [0.15, 0.2) is 0 Å². The number of nitrogens with one attached hydrogen (secondary N) is 2. The average molecular weight is 372 g/mol. The van der Waals surface area contributed by atoms with Crippen molar-refractivity contribution < 1.29 is 4.79 Å². The third-order valence-corrected chi connectivity index (χ3v) is 6.35. The van der Waals surface area contributed by atoms with Crippen molar-refractivity contribution in [2.75, 3.05) is 39.3 Å². The van der Waals surface area contributed by atoms with E-state index in [2.05, 4.69) is 33.0 Å². The molecule has 1 amide bonds. The lowest BCUT2D eigenvalue weighted by Gasteiger charge is -2.35. The standard InChI is InChI=1S/C18H29N3OS.ClH/c22-17(20-9-5-12-21-13-10-19-11-14-21)18(7-2-1-3-8-18)16-6-4-15-23-16;/h4,6,15,19H,1-3,5,7-14H2,(H,20,22);1H. The minimum atomic E-state index is -0.249. The monoisotopic (exact) mass is 371 g/mol. The van der Waals surface area contributed by atoms with Crippen LogP contribution in [0, 0.1) is 0 Å². The summed E-state index contributed by atoms with van der Waals surface area (Å²) in [5, 5.41) is 8.72. The van der Waals surface area contributed by atoms with Crippen LogP contribution in [0.4, 0.5) is 0 Å². The second-order valence-electron chi connectivity index (χ2n) is 6.82. The topological polar surface area (TPSA) is 44.4 Å². The van der Waals surface area contributed by atoms with Crippen LogP contribution >= 0.6 is 23.7 Å². The number of hydrogen-bond acceptors (Lipinski definition) is 4. The van der Waals surface area contributed by atoms with E-state index in [9.17, 15) is 4.79 Å². The normalized spacial score (nSPS) is 21.0. The van der Waals surface area contributed by atoms with E-state index in [1.807, 2.05) is 0 Å². The number of carbonyl (C=O) groups is 1.